The molecule has 0 saturated carbocycles. The number of esters is 1. The molecule has 0 bridgehead atoms. The van der Waals surface area contributed by atoms with Gasteiger partial charge in [0.2, 0.25) is 0 Å². The second-order valence-electron chi connectivity index (χ2n) is 5.94. The van der Waals surface area contributed by atoms with Gasteiger partial charge in [0.25, 0.3) is 0 Å². The van der Waals surface area contributed by atoms with Crippen molar-refractivity contribution >= 4 is 17.9 Å². The molecular formula is C21H21N3O2. The number of hydrazone groups is 1. The fourth-order valence-corrected chi connectivity index (χ4v) is 2.87. The molecule has 132 valence electrons. The fourth-order valence-electron chi connectivity index (χ4n) is 2.87. The molecule has 5 heteroatoms. The summed E-state index contributed by atoms with van der Waals surface area (Å²) in [5.74, 6) is -0.336. The molecule has 0 saturated heterocycles. The highest BCUT2D eigenvalue weighted by molar-refractivity contribution is 5.89. The number of carbonyl (C=O) groups is 1. The summed E-state index contributed by atoms with van der Waals surface area (Å²) < 4.78 is 6.87. The lowest BCUT2D eigenvalue weighted by molar-refractivity contribution is 0.0601. The van der Waals surface area contributed by atoms with Gasteiger partial charge >= 0.3 is 5.97 Å². The molecule has 1 N–H and O–H groups in total. The normalized spacial score (nSPS) is 10.9. The van der Waals surface area contributed by atoms with E-state index < -0.39 is 0 Å². The second-order valence-corrected chi connectivity index (χ2v) is 5.94. The van der Waals surface area contributed by atoms with Crippen LogP contribution in [0, 0.1) is 13.8 Å². The van der Waals surface area contributed by atoms with Crippen molar-refractivity contribution in [2.24, 2.45) is 5.10 Å². The number of carbonyl (C=O) groups excluding carboxylic acids is 1. The van der Waals surface area contributed by atoms with E-state index in [-0.39, 0.29) is 5.97 Å². The van der Waals surface area contributed by atoms with Gasteiger partial charge in [0.15, 0.2) is 0 Å². The largest absolute Gasteiger partial charge is 0.465 e. The monoisotopic (exact) mass is 347 g/mol. The summed E-state index contributed by atoms with van der Waals surface area (Å²) in [6.45, 7) is 4.09. The smallest absolute Gasteiger partial charge is 0.337 e. The van der Waals surface area contributed by atoms with Crippen molar-refractivity contribution in [3.8, 4) is 5.69 Å². The first-order valence-electron chi connectivity index (χ1n) is 8.32. The zero-order valence-electron chi connectivity index (χ0n) is 15.1. The van der Waals surface area contributed by atoms with Gasteiger partial charge in [-0.15, -0.1) is 0 Å². The van der Waals surface area contributed by atoms with E-state index in [9.17, 15) is 4.79 Å². The summed E-state index contributed by atoms with van der Waals surface area (Å²) in [7, 11) is 1.38. The number of benzene rings is 2. The van der Waals surface area contributed by atoms with Crippen molar-refractivity contribution in [1.82, 2.24) is 4.57 Å². The van der Waals surface area contributed by atoms with Crippen LogP contribution in [-0.2, 0) is 4.74 Å². The van der Waals surface area contributed by atoms with E-state index in [0.29, 0.717) is 5.56 Å². The summed E-state index contributed by atoms with van der Waals surface area (Å²) in [5, 5.41) is 4.32. The predicted molar refractivity (Wildman–Crippen MR) is 104 cm³/mol. The Balaban J connectivity index is 1.82. The van der Waals surface area contributed by atoms with Gasteiger partial charge in [0.1, 0.15) is 0 Å². The standard InChI is InChI=1S/C21H21N3O2/c1-15-13-18(14-22-23-19-7-5-4-6-8-19)16(2)24(15)20-11-9-17(10-12-20)21(25)26-3/h4-14,23H,1-3H3/b22-14-. The van der Waals surface area contributed by atoms with Crippen LogP contribution in [0.5, 0.6) is 0 Å². The fraction of sp³-hybridized carbons (Fsp3) is 0.143. The van der Waals surface area contributed by atoms with E-state index in [1.165, 1.54) is 7.11 Å². The number of ether oxygens (including phenoxy) is 1. The molecular weight excluding hydrogens is 326 g/mol. The number of aryl methyl sites for hydroxylation is 1. The maximum absolute atomic E-state index is 11.6. The van der Waals surface area contributed by atoms with Crippen molar-refractivity contribution in [2.75, 3.05) is 12.5 Å². The van der Waals surface area contributed by atoms with Crippen LogP contribution in [0.25, 0.3) is 5.69 Å². The molecule has 5 nitrogen and oxygen atoms in total. The van der Waals surface area contributed by atoms with Crippen LogP contribution >= 0.6 is 0 Å². The lowest BCUT2D eigenvalue weighted by Gasteiger charge is -2.10. The number of nitrogens with zero attached hydrogens (tertiary/aromatic N) is 2. The Morgan fingerprint density at radius 1 is 1.08 bits per heavy atom. The van der Waals surface area contributed by atoms with Gasteiger partial charge < -0.3 is 9.30 Å². The molecule has 0 amide bonds. The molecule has 1 heterocycles. The average Bonchev–Trinajstić information content (AvgIpc) is 2.95. The maximum atomic E-state index is 11.6. The summed E-state index contributed by atoms with van der Waals surface area (Å²) in [5.41, 5.74) is 8.69. The molecule has 26 heavy (non-hydrogen) atoms. The highest BCUT2D eigenvalue weighted by Gasteiger charge is 2.11. The molecule has 0 aliphatic heterocycles. The first kappa shape index (κ1) is 17.5. The van der Waals surface area contributed by atoms with Crippen LogP contribution in [0.1, 0.15) is 27.3 Å². The third kappa shape index (κ3) is 3.67. The summed E-state index contributed by atoms with van der Waals surface area (Å²) in [6, 6.07) is 19.3. The van der Waals surface area contributed by atoms with Crippen molar-refractivity contribution in [2.45, 2.75) is 13.8 Å². The summed E-state index contributed by atoms with van der Waals surface area (Å²) >= 11 is 0. The molecule has 0 aliphatic rings. The Morgan fingerprint density at radius 3 is 2.42 bits per heavy atom. The van der Waals surface area contributed by atoms with Gasteiger partial charge in [-0.05, 0) is 56.3 Å². The number of rotatable bonds is 5. The van der Waals surface area contributed by atoms with Crippen molar-refractivity contribution < 1.29 is 9.53 Å². The van der Waals surface area contributed by atoms with Gasteiger partial charge in [-0.25, -0.2) is 4.79 Å². The van der Waals surface area contributed by atoms with Crippen molar-refractivity contribution in [1.29, 1.82) is 0 Å². The minimum Gasteiger partial charge on any atom is -0.465 e. The molecule has 2 aromatic carbocycles. The summed E-state index contributed by atoms with van der Waals surface area (Å²) in [4.78, 5) is 11.6. The highest BCUT2D eigenvalue weighted by atomic mass is 16.5. The van der Waals surface area contributed by atoms with E-state index in [4.69, 9.17) is 4.74 Å². The van der Waals surface area contributed by atoms with Crippen LogP contribution in [0.3, 0.4) is 0 Å². The van der Waals surface area contributed by atoms with Crippen LogP contribution in [0.4, 0.5) is 5.69 Å². The van der Waals surface area contributed by atoms with Crippen molar-refractivity contribution in [3.63, 3.8) is 0 Å². The lowest BCUT2D eigenvalue weighted by atomic mass is 10.2. The Kier molecular flexibility index (Phi) is 5.17. The molecule has 0 atom stereocenters. The molecule has 0 fully saturated rings. The minimum absolute atomic E-state index is 0.336. The number of nitrogens with one attached hydrogen (secondary N) is 1. The highest BCUT2D eigenvalue weighted by Crippen LogP contribution is 2.20. The summed E-state index contributed by atoms with van der Waals surface area (Å²) in [6.07, 6.45) is 1.81. The van der Waals surface area contributed by atoms with E-state index in [1.807, 2.05) is 62.5 Å². The average molecular weight is 347 g/mol. The molecule has 3 aromatic rings. The van der Waals surface area contributed by atoms with Gasteiger partial charge in [-0.2, -0.15) is 5.10 Å². The molecule has 0 unspecified atom stereocenters. The Hall–Kier alpha value is -3.34. The number of anilines is 1. The van der Waals surface area contributed by atoms with Gasteiger partial charge in [-0.1, -0.05) is 18.2 Å². The van der Waals surface area contributed by atoms with Crippen LogP contribution in [-0.4, -0.2) is 23.9 Å². The van der Waals surface area contributed by atoms with E-state index in [1.54, 1.807) is 12.1 Å². The Morgan fingerprint density at radius 2 is 1.77 bits per heavy atom. The zero-order chi connectivity index (χ0) is 18.5. The van der Waals surface area contributed by atoms with E-state index in [0.717, 1.165) is 28.3 Å². The first-order chi connectivity index (χ1) is 12.6. The second kappa shape index (κ2) is 7.70. The maximum Gasteiger partial charge on any atom is 0.337 e. The van der Waals surface area contributed by atoms with Gasteiger partial charge in [-0.3, -0.25) is 5.43 Å². The molecule has 0 spiro atoms. The first-order valence-corrected chi connectivity index (χ1v) is 8.32. The minimum atomic E-state index is -0.336. The van der Waals surface area contributed by atoms with E-state index >= 15 is 0 Å². The molecule has 3 rings (SSSR count). The van der Waals surface area contributed by atoms with Gasteiger partial charge in [0, 0.05) is 22.6 Å². The number of methoxy groups -OCH3 is 1. The van der Waals surface area contributed by atoms with Gasteiger partial charge in [0.05, 0.1) is 24.6 Å². The van der Waals surface area contributed by atoms with Crippen molar-refractivity contribution in [3.05, 3.63) is 83.2 Å². The predicted octanol–water partition coefficient (Wildman–Crippen LogP) is 4.33. The number of hydrogen-bond acceptors (Lipinski definition) is 4. The molecule has 0 aliphatic carbocycles. The van der Waals surface area contributed by atoms with Crippen LogP contribution in [0.15, 0.2) is 65.8 Å². The third-order valence-corrected chi connectivity index (χ3v) is 4.19. The van der Waals surface area contributed by atoms with Crippen LogP contribution < -0.4 is 5.43 Å². The Labute approximate surface area is 152 Å². The topological polar surface area (TPSA) is 55.6 Å². The van der Waals surface area contributed by atoms with E-state index in [2.05, 4.69) is 21.2 Å². The number of aromatic nitrogens is 1. The third-order valence-electron chi connectivity index (χ3n) is 4.19. The molecule has 1 aromatic heterocycles. The van der Waals surface area contributed by atoms with Crippen LogP contribution in [0.2, 0.25) is 0 Å². The zero-order valence-corrected chi connectivity index (χ0v) is 15.1. The number of para-hydroxylation sites is 1. The SMILES string of the molecule is COC(=O)c1ccc(-n2c(C)cc(/C=N\Nc3ccccc3)c2C)cc1. The number of hydrogen-bond donors (Lipinski definition) is 1. The lowest BCUT2D eigenvalue weighted by Crippen LogP contribution is -2.03. The molecule has 0 radical (unpaired) electrons. The quantitative estimate of drug-likeness (QED) is 0.425. The Bertz CT molecular complexity index is 926.